The summed E-state index contributed by atoms with van der Waals surface area (Å²) >= 11 is 0. The van der Waals surface area contributed by atoms with Crippen molar-refractivity contribution in [2.45, 2.75) is 452 Å². The zero-order valence-electron chi connectivity index (χ0n) is 66.2. The summed E-state index contributed by atoms with van der Waals surface area (Å²) in [6.07, 6.45) is 63.8. The van der Waals surface area contributed by atoms with Gasteiger partial charge in [0.2, 0.25) is 0 Å². The Morgan fingerprint density at radius 1 is 0.267 bits per heavy atom. The number of hydrogen-bond donors (Lipinski definition) is 3. The van der Waals surface area contributed by atoms with Gasteiger partial charge < -0.3 is 33.8 Å². The lowest BCUT2D eigenvalue weighted by atomic mass is 10.0. The number of unbranched alkanes of at least 4 members (excludes halogenated alkanes) is 51. The third-order valence-corrected chi connectivity index (χ3v) is 21.1. The van der Waals surface area contributed by atoms with Crippen LogP contribution in [0.2, 0.25) is 0 Å². The van der Waals surface area contributed by atoms with Gasteiger partial charge in [-0.2, -0.15) is 0 Å². The third-order valence-electron chi connectivity index (χ3n) is 19.2. The molecule has 0 aromatic carbocycles. The summed E-state index contributed by atoms with van der Waals surface area (Å²) in [4.78, 5) is 73.1. The second-order valence-corrected chi connectivity index (χ2v) is 33.4. The van der Waals surface area contributed by atoms with Crippen LogP contribution in [0.5, 0.6) is 0 Å². The fourth-order valence-corrected chi connectivity index (χ4v) is 14.3. The SMILES string of the molecule is CCCCCCCCCCCCCCCCCCCCCCC(=O)O[C@H](COC(=O)CCCCCCCCCCCCCCC(C)C)COP(=O)(O)OC[C@@H](O)COP(=O)(O)OC[C@@H](COC(=O)CCCCCCCCCCC(C)C)OC(=O)CCCCCCCCCCCCCCCCC. The molecule has 0 saturated heterocycles. The monoisotopic (exact) mass is 1480 g/mol. The summed E-state index contributed by atoms with van der Waals surface area (Å²) in [7, 11) is -9.92. The molecule has 0 amide bonds. The quantitative estimate of drug-likeness (QED) is 0.0222. The third kappa shape index (κ3) is 76.1. The van der Waals surface area contributed by atoms with Crippen LogP contribution in [-0.4, -0.2) is 96.7 Å². The van der Waals surface area contributed by atoms with E-state index in [-0.39, 0.29) is 25.7 Å². The van der Waals surface area contributed by atoms with Crippen molar-refractivity contribution in [2.24, 2.45) is 11.8 Å². The minimum absolute atomic E-state index is 0.108. The van der Waals surface area contributed by atoms with Crippen LogP contribution in [-0.2, 0) is 65.4 Å². The van der Waals surface area contributed by atoms with E-state index < -0.39 is 97.5 Å². The van der Waals surface area contributed by atoms with Crippen LogP contribution in [0.4, 0.5) is 0 Å². The van der Waals surface area contributed by atoms with Gasteiger partial charge in [0.15, 0.2) is 12.2 Å². The molecule has 0 aliphatic rings. The summed E-state index contributed by atoms with van der Waals surface area (Å²) in [6.45, 7) is 9.62. The molecule has 0 aliphatic carbocycles. The second kappa shape index (κ2) is 73.6. The van der Waals surface area contributed by atoms with Gasteiger partial charge in [0, 0.05) is 25.7 Å². The molecule has 600 valence electrons. The van der Waals surface area contributed by atoms with E-state index in [4.69, 9.17) is 37.0 Å². The fraction of sp³-hybridized carbons (Fsp3) is 0.951. The summed E-state index contributed by atoms with van der Waals surface area (Å²) in [5, 5.41) is 10.7. The first-order chi connectivity index (χ1) is 48.9. The molecular formula is C82H160O17P2. The molecule has 0 bridgehead atoms. The van der Waals surface area contributed by atoms with Gasteiger partial charge in [-0.25, -0.2) is 9.13 Å². The van der Waals surface area contributed by atoms with Crippen molar-refractivity contribution >= 4 is 39.5 Å². The van der Waals surface area contributed by atoms with Gasteiger partial charge in [0.25, 0.3) is 0 Å². The highest BCUT2D eigenvalue weighted by atomic mass is 31.2. The van der Waals surface area contributed by atoms with Crippen molar-refractivity contribution in [3.8, 4) is 0 Å². The highest BCUT2D eigenvalue weighted by Crippen LogP contribution is 2.45. The van der Waals surface area contributed by atoms with Gasteiger partial charge in [0.05, 0.1) is 26.4 Å². The van der Waals surface area contributed by atoms with Crippen molar-refractivity contribution in [1.82, 2.24) is 0 Å². The summed E-state index contributed by atoms with van der Waals surface area (Å²) in [5.74, 6) is -0.599. The van der Waals surface area contributed by atoms with Crippen LogP contribution in [0.3, 0.4) is 0 Å². The Bertz CT molecular complexity index is 1940. The molecule has 101 heavy (non-hydrogen) atoms. The van der Waals surface area contributed by atoms with Crippen LogP contribution in [0.1, 0.15) is 433 Å². The Hall–Kier alpha value is -1.94. The number of hydrogen-bond acceptors (Lipinski definition) is 15. The Labute approximate surface area is 619 Å². The molecule has 0 spiro atoms. The molecular weight excluding hydrogens is 1320 g/mol. The van der Waals surface area contributed by atoms with Crippen LogP contribution in [0, 0.1) is 11.8 Å². The molecule has 0 rings (SSSR count). The number of aliphatic hydroxyl groups excluding tert-OH is 1. The number of phosphoric ester groups is 2. The van der Waals surface area contributed by atoms with E-state index in [9.17, 15) is 43.2 Å². The lowest BCUT2D eigenvalue weighted by Gasteiger charge is -2.21. The number of rotatable bonds is 81. The number of carbonyl (C=O) groups is 4. The molecule has 17 nitrogen and oxygen atoms in total. The number of ether oxygens (including phenoxy) is 4. The minimum Gasteiger partial charge on any atom is -0.462 e. The Morgan fingerprint density at radius 2 is 0.455 bits per heavy atom. The molecule has 0 aliphatic heterocycles. The van der Waals surface area contributed by atoms with E-state index in [1.165, 1.54) is 250 Å². The van der Waals surface area contributed by atoms with E-state index in [1.54, 1.807) is 0 Å². The van der Waals surface area contributed by atoms with Crippen LogP contribution < -0.4 is 0 Å². The summed E-state index contributed by atoms with van der Waals surface area (Å²) in [5.41, 5.74) is 0. The molecule has 0 aromatic rings. The average Bonchev–Trinajstić information content (AvgIpc) is 0.990. The van der Waals surface area contributed by atoms with Gasteiger partial charge in [-0.3, -0.25) is 37.3 Å². The zero-order chi connectivity index (χ0) is 74.2. The van der Waals surface area contributed by atoms with Crippen molar-refractivity contribution < 1.29 is 80.2 Å². The van der Waals surface area contributed by atoms with Gasteiger partial charge >= 0.3 is 39.5 Å². The molecule has 0 heterocycles. The number of esters is 4. The number of aliphatic hydroxyl groups is 1. The van der Waals surface area contributed by atoms with Gasteiger partial charge in [-0.05, 0) is 37.5 Å². The molecule has 3 N–H and O–H groups in total. The largest absolute Gasteiger partial charge is 0.472 e. The predicted molar refractivity (Wildman–Crippen MR) is 414 cm³/mol. The highest BCUT2D eigenvalue weighted by molar-refractivity contribution is 7.47. The minimum atomic E-state index is -4.96. The Kier molecular flexibility index (Phi) is 72.2. The number of phosphoric acid groups is 2. The van der Waals surface area contributed by atoms with E-state index >= 15 is 0 Å². The smallest absolute Gasteiger partial charge is 0.462 e. The standard InChI is InChI=1S/C82H160O17P2/c1-7-9-11-13-15-17-19-21-23-24-25-26-27-29-31-37-41-49-55-61-67-81(86)98-77(70-92-79(84)64-58-52-46-39-35-33-32-34-38-44-50-56-62-74(3)4)72-96-100(88,89)94-68-76(83)69-95-101(90,91)97-73-78(71-93-80(85)65-59-53-47-43-42-45-51-57-63-75(5)6)99-82(87)66-60-54-48-40-36-30-28-22-20-18-16-14-12-10-8-2/h74-78,83H,7-73H2,1-6H3,(H,88,89)(H,90,91)/t76-,77-,78-/m1/s1. The molecule has 5 atom stereocenters. The van der Waals surface area contributed by atoms with Crippen LogP contribution >= 0.6 is 15.6 Å². The van der Waals surface area contributed by atoms with Gasteiger partial charge in [0.1, 0.15) is 19.3 Å². The molecule has 0 aromatic heterocycles. The second-order valence-electron chi connectivity index (χ2n) is 30.5. The molecule has 2 unspecified atom stereocenters. The fourth-order valence-electron chi connectivity index (χ4n) is 12.7. The maximum Gasteiger partial charge on any atom is 0.472 e. The lowest BCUT2D eigenvalue weighted by Crippen LogP contribution is -2.30. The molecule has 19 heteroatoms. The van der Waals surface area contributed by atoms with Crippen molar-refractivity contribution in [3.05, 3.63) is 0 Å². The molecule has 0 saturated carbocycles. The Balaban J connectivity index is 5.24. The van der Waals surface area contributed by atoms with E-state index in [0.29, 0.717) is 25.7 Å². The summed E-state index contributed by atoms with van der Waals surface area (Å²) in [6, 6.07) is 0. The van der Waals surface area contributed by atoms with Gasteiger partial charge in [-0.1, -0.05) is 382 Å². The first-order valence-corrected chi connectivity index (χ1v) is 45.5. The van der Waals surface area contributed by atoms with Crippen molar-refractivity contribution in [3.63, 3.8) is 0 Å². The van der Waals surface area contributed by atoms with Crippen molar-refractivity contribution in [1.29, 1.82) is 0 Å². The van der Waals surface area contributed by atoms with Crippen LogP contribution in [0.25, 0.3) is 0 Å². The van der Waals surface area contributed by atoms with E-state index in [1.807, 2.05) is 0 Å². The molecule has 0 fully saturated rings. The average molecular weight is 1480 g/mol. The first kappa shape index (κ1) is 99.1. The molecule has 0 radical (unpaired) electrons. The van der Waals surface area contributed by atoms with E-state index in [0.717, 1.165) is 102 Å². The lowest BCUT2D eigenvalue weighted by molar-refractivity contribution is -0.161. The van der Waals surface area contributed by atoms with Crippen molar-refractivity contribution in [2.75, 3.05) is 39.6 Å². The highest BCUT2D eigenvalue weighted by Gasteiger charge is 2.30. The summed E-state index contributed by atoms with van der Waals surface area (Å²) < 4.78 is 68.8. The Morgan fingerprint density at radius 3 is 0.673 bits per heavy atom. The topological polar surface area (TPSA) is 237 Å². The van der Waals surface area contributed by atoms with Crippen LogP contribution in [0.15, 0.2) is 0 Å². The van der Waals surface area contributed by atoms with Gasteiger partial charge in [-0.15, -0.1) is 0 Å². The maximum absolute atomic E-state index is 13.1. The zero-order valence-corrected chi connectivity index (χ0v) is 68.0. The normalized spacial score (nSPS) is 13.9. The predicted octanol–water partition coefficient (Wildman–Crippen LogP) is 24.7. The first-order valence-electron chi connectivity index (χ1n) is 42.5. The van der Waals surface area contributed by atoms with E-state index in [2.05, 4.69) is 41.5 Å². The number of carbonyl (C=O) groups excluding carboxylic acids is 4. The maximum atomic E-state index is 13.1.